The number of ether oxygens (including phenoxy) is 2. The van der Waals surface area contributed by atoms with Gasteiger partial charge in [0.15, 0.2) is 5.79 Å². The van der Waals surface area contributed by atoms with E-state index >= 15 is 0 Å². The molecule has 0 spiro atoms. The number of hydrogen-bond donors (Lipinski definition) is 1. The molecule has 1 fully saturated rings. The van der Waals surface area contributed by atoms with Crippen molar-refractivity contribution in [2.45, 2.75) is 26.1 Å². The normalized spacial score (nSPS) is 17.2. The molecule has 3 rings (SSSR count). The lowest BCUT2D eigenvalue weighted by molar-refractivity contribution is -0.159. The second-order valence-electron chi connectivity index (χ2n) is 5.88. The average molecular weight is 315 g/mol. The number of carbonyl (C=O) groups excluding carboxylic acids is 1. The van der Waals surface area contributed by atoms with Crippen LogP contribution in [0.3, 0.4) is 0 Å². The topological polar surface area (TPSA) is 64.8 Å². The first-order valence-electron chi connectivity index (χ1n) is 7.64. The van der Waals surface area contributed by atoms with Gasteiger partial charge in [-0.05, 0) is 19.9 Å². The van der Waals surface area contributed by atoms with Crippen molar-refractivity contribution in [1.29, 1.82) is 0 Å². The molecule has 1 aromatic heterocycles. The third-order valence-electron chi connectivity index (χ3n) is 4.21. The molecule has 2 heterocycles. The first-order chi connectivity index (χ1) is 11.0. The molecule has 0 atom stereocenters. The number of para-hydroxylation sites is 1. The van der Waals surface area contributed by atoms with E-state index in [2.05, 4.69) is 21.2 Å². The lowest BCUT2D eigenvalue weighted by Crippen LogP contribution is -2.33. The van der Waals surface area contributed by atoms with E-state index in [1.54, 1.807) is 13.1 Å². The van der Waals surface area contributed by atoms with Gasteiger partial charge in [-0.3, -0.25) is 4.79 Å². The molecular weight excluding hydrogens is 294 g/mol. The van der Waals surface area contributed by atoms with Gasteiger partial charge in [-0.15, -0.1) is 0 Å². The SMILES string of the molecule is Cc1c(/C=N/NC(=O)CC2(C)OCCO2)c2ccccc2n1C. The Morgan fingerprint density at radius 3 is 2.83 bits per heavy atom. The predicted octanol–water partition coefficient (Wildman–Crippen LogP) is 2.09. The van der Waals surface area contributed by atoms with E-state index in [4.69, 9.17) is 9.47 Å². The number of fused-ring (bicyclic) bond motifs is 1. The Kier molecular flexibility index (Phi) is 4.19. The number of hydrazone groups is 1. The van der Waals surface area contributed by atoms with Gasteiger partial charge in [-0.1, -0.05) is 18.2 Å². The molecule has 6 heteroatoms. The van der Waals surface area contributed by atoms with Crippen molar-refractivity contribution in [2.24, 2.45) is 12.1 Å². The third kappa shape index (κ3) is 3.13. The van der Waals surface area contributed by atoms with Crippen molar-refractivity contribution < 1.29 is 14.3 Å². The summed E-state index contributed by atoms with van der Waals surface area (Å²) in [6.07, 6.45) is 1.81. The number of aryl methyl sites for hydroxylation is 1. The molecule has 6 nitrogen and oxygen atoms in total. The first kappa shape index (κ1) is 15.7. The van der Waals surface area contributed by atoms with Gasteiger partial charge in [0.05, 0.1) is 25.8 Å². The summed E-state index contributed by atoms with van der Waals surface area (Å²) in [5, 5.41) is 5.20. The molecule has 1 aliphatic heterocycles. The van der Waals surface area contributed by atoms with Crippen molar-refractivity contribution in [1.82, 2.24) is 9.99 Å². The van der Waals surface area contributed by atoms with Crippen LogP contribution in [0.1, 0.15) is 24.6 Å². The van der Waals surface area contributed by atoms with Crippen LogP contribution in [0.2, 0.25) is 0 Å². The standard InChI is InChI=1S/C17H21N3O3/c1-12-14(13-6-4-5-7-15(13)20(12)3)11-18-19-16(21)10-17(2)22-8-9-23-17/h4-7,11H,8-10H2,1-3H3,(H,19,21)/b18-11+. The summed E-state index contributed by atoms with van der Waals surface area (Å²) < 4.78 is 12.9. The number of carbonyl (C=O) groups is 1. The summed E-state index contributed by atoms with van der Waals surface area (Å²) in [6, 6.07) is 8.11. The number of nitrogens with one attached hydrogen (secondary N) is 1. The molecule has 122 valence electrons. The molecule has 1 saturated heterocycles. The Bertz CT molecular complexity index is 758. The van der Waals surface area contributed by atoms with Crippen LogP contribution < -0.4 is 5.43 Å². The smallest absolute Gasteiger partial charge is 0.245 e. The Morgan fingerprint density at radius 2 is 2.09 bits per heavy atom. The predicted molar refractivity (Wildman–Crippen MR) is 88.3 cm³/mol. The van der Waals surface area contributed by atoms with Crippen LogP contribution >= 0.6 is 0 Å². The van der Waals surface area contributed by atoms with Gasteiger partial charge >= 0.3 is 0 Å². The van der Waals surface area contributed by atoms with Crippen LogP contribution in [0.4, 0.5) is 0 Å². The number of benzene rings is 1. The van der Waals surface area contributed by atoms with E-state index in [9.17, 15) is 4.79 Å². The van der Waals surface area contributed by atoms with E-state index in [0.29, 0.717) is 13.2 Å². The minimum absolute atomic E-state index is 0.124. The lowest BCUT2D eigenvalue weighted by Gasteiger charge is -2.20. The summed E-state index contributed by atoms with van der Waals surface area (Å²) in [5.74, 6) is -1.07. The molecule has 1 N–H and O–H groups in total. The number of nitrogens with zero attached hydrogens (tertiary/aromatic N) is 2. The quantitative estimate of drug-likeness (QED) is 0.694. The van der Waals surface area contributed by atoms with Crippen LogP contribution in [0.5, 0.6) is 0 Å². The molecule has 0 radical (unpaired) electrons. The zero-order valence-electron chi connectivity index (χ0n) is 13.6. The monoisotopic (exact) mass is 315 g/mol. The molecule has 0 bridgehead atoms. The van der Waals surface area contributed by atoms with Gasteiger partial charge in [0.25, 0.3) is 0 Å². The summed E-state index contributed by atoms with van der Waals surface area (Å²) in [5.41, 5.74) is 5.78. The highest BCUT2D eigenvalue weighted by Gasteiger charge is 2.33. The Morgan fingerprint density at radius 1 is 1.39 bits per heavy atom. The van der Waals surface area contributed by atoms with Crippen molar-refractivity contribution in [3.63, 3.8) is 0 Å². The maximum absolute atomic E-state index is 12.0. The average Bonchev–Trinajstić information content (AvgIpc) is 3.05. The number of hydrogen-bond acceptors (Lipinski definition) is 4. The van der Waals surface area contributed by atoms with Crippen molar-refractivity contribution in [3.05, 3.63) is 35.5 Å². The van der Waals surface area contributed by atoms with Gasteiger partial charge < -0.3 is 14.0 Å². The Hall–Kier alpha value is -2.18. The maximum atomic E-state index is 12.0. The largest absolute Gasteiger partial charge is 0.347 e. The third-order valence-corrected chi connectivity index (χ3v) is 4.21. The Labute approximate surface area is 135 Å². The van der Waals surface area contributed by atoms with Gasteiger partial charge in [-0.25, -0.2) is 5.43 Å². The van der Waals surface area contributed by atoms with Crippen molar-refractivity contribution >= 4 is 23.0 Å². The van der Waals surface area contributed by atoms with Gasteiger partial charge in [0.1, 0.15) is 0 Å². The van der Waals surface area contributed by atoms with Crippen LogP contribution in [-0.2, 0) is 21.3 Å². The summed E-state index contributed by atoms with van der Waals surface area (Å²) in [4.78, 5) is 12.0. The zero-order valence-corrected chi connectivity index (χ0v) is 13.6. The van der Waals surface area contributed by atoms with Crippen molar-refractivity contribution in [2.75, 3.05) is 13.2 Å². The number of amides is 1. The summed E-state index contributed by atoms with van der Waals surface area (Å²) in [6.45, 7) is 4.83. The van der Waals surface area contributed by atoms with Crippen LogP contribution in [-0.4, -0.2) is 35.7 Å². The molecule has 1 amide bonds. The minimum atomic E-state index is -0.838. The fraction of sp³-hybridized carbons (Fsp3) is 0.412. The zero-order chi connectivity index (χ0) is 16.4. The molecule has 2 aromatic rings. The minimum Gasteiger partial charge on any atom is -0.347 e. The second-order valence-corrected chi connectivity index (χ2v) is 5.88. The van der Waals surface area contributed by atoms with Crippen molar-refractivity contribution in [3.8, 4) is 0 Å². The van der Waals surface area contributed by atoms with Crippen LogP contribution in [0, 0.1) is 6.92 Å². The maximum Gasteiger partial charge on any atom is 0.245 e. The van der Waals surface area contributed by atoms with E-state index < -0.39 is 5.79 Å². The number of aromatic nitrogens is 1. The van der Waals surface area contributed by atoms with E-state index in [-0.39, 0.29) is 12.3 Å². The fourth-order valence-corrected chi connectivity index (χ4v) is 2.87. The molecular formula is C17H21N3O3. The van der Waals surface area contributed by atoms with Crippen LogP contribution in [0.15, 0.2) is 29.4 Å². The number of rotatable bonds is 4. The highest BCUT2D eigenvalue weighted by atomic mass is 16.7. The fourth-order valence-electron chi connectivity index (χ4n) is 2.87. The highest BCUT2D eigenvalue weighted by Crippen LogP contribution is 2.23. The van der Waals surface area contributed by atoms with Gasteiger partial charge in [0.2, 0.25) is 5.91 Å². The van der Waals surface area contributed by atoms with E-state index in [0.717, 1.165) is 22.2 Å². The second kappa shape index (κ2) is 6.14. The molecule has 23 heavy (non-hydrogen) atoms. The van der Waals surface area contributed by atoms with E-state index in [1.807, 2.05) is 32.2 Å². The first-order valence-corrected chi connectivity index (χ1v) is 7.64. The lowest BCUT2D eigenvalue weighted by atomic mass is 10.1. The van der Waals surface area contributed by atoms with Gasteiger partial charge in [-0.2, -0.15) is 5.10 Å². The summed E-state index contributed by atoms with van der Waals surface area (Å²) in [7, 11) is 2.02. The summed E-state index contributed by atoms with van der Waals surface area (Å²) >= 11 is 0. The van der Waals surface area contributed by atoms with Crippen LogP contribution in [0.25, 0.3) is 10.9 Å². The van der Waals surface area contributed by atoms with E-state index in [1.165, 1.54) is 0 Å². The van der Waals surface area contributed by atoms with Gasteiger partial charge in [0, 0.05) is 29.2 Å². The molecule has 0 aliphatic carbocycles. The molecule has 1 aromatic carbocycles. The molecule has 0 unspecified atom stereocenters. The highest BCUT2D eigenvalue weighted by molar-refractivity contribution is 6.01. The Balaban J connectivity index is 1.71. The molecule has 1 aliphatic rings. The molecule has 0 saturated carbocycles.